The molecule has 0 aliphatic carbocycles. The second-order valence-corrected chi connectivity index (χ2v) is 22.7. The highest BCUT2D eigenvalue weighted by Gasteiger charge is 2.39. The van der Waals surface area contributed by atoms with Crippen molar-refractivity contribution in [2.24, 2.45) is 0 Å². The Balaban J connectivity index is 2.03. The maximum absolute atomic E-state index is 7.11. The number of benzene rings is 2. The van der Waals surface area contributed by atoms with Gasteiger partial charge in [-0.25, -0.2) is 0 Å². The van der Waals surface area contributed by atoms with Crippen LogP contribution in [0, 0.1) is 0 Å². The zero-order chi connectivity index (χ0) is 46.6. The lowest BCUT2D eigenvalue weighted by molar-refractivity contribution is -0.0727. The van der Waals surface area contributed by atoms with Crippen LogP contribution in [0.1, 0.15) is 247 Å². The Bertz CT molecular complexity index is 1470. The molecule has 2 saturated heterocycles. The summed E-state index contributed by atoms with van der Waals surface area (Å²) in [5, 5.41) is 0. The molecule has 0 radical (unpaired) electrons. The molecule has 0 amide bonds. The first-order chi connectivity index (χ1) is 29.6. The number of unbranched alkanes of at least 4 members (excludes halogenated alkanes) is 8. The zero-order valence-corrected chi connectivity index (χ0v) is 43.7. The molecule has 0 saturated carbocycles. The van der Waals surface area contributed by atoms with Crippen molar-refractivity contribution in [1.29, 1.82) is 0 Å². The van der Waals surface area contributed by atoms with Gasteiger partial charge in [0.05, 0.1) is 26.4 Å². The van der Waals surface area contributed by atoms with Crippen LogP contribution >= 0.6 is 0 Å². The van der Waals surface area contributed by atoms with Gasteiger partial charge in [0.2, 0.25) is 0 Å². The fourth-order valence-corrected chi connectivity index (χ4v) is 9.43. The van der Waals surface area contributed by atoms with Gasteiger partial charge < -0.3 is 28.4 Å². The second kappa shape index (κ2) is 23.6. The Morgan fingerprint density at radius 2 is 0.714 bits per heavy atom. The Kier molecular flexibility index (Phi) is 20.0. The van der Waals surface area contributed by atoms with E-state index in [4.69, 9.17) is 28.4 Å². The third kappa shape index (κ3) is 15.5. The van der Waals surface area contributed by atoms with Gasteiger partial charge in [-0.3, -0.25) is 0 Å². The molecular formula is C57H96O6. The van der Waals surface area contributed by atoms with Crippen LogP contribution in [-0.2, 0) is 46.0 Å². The highest BCUT2D eigenvalue weighted by molar-refractivity contribution is 5.58. The third-order valence-corrected chi connectivity index (χ3v) is 14.6. The van der Waals surface area contributed by atoms with Gasteiger partial charge in [-0.15, -0.1) is 0 Å². The molecule has 63 heavy (non-hydrogen) atoms. The van der Waals surface area contributed by atoms with Crippen molar-refractivity contribution in [2.75, 3.05) is 26.4 Å². The maximum Gasteiger partial charge on any atom is 0.197 e. The number of hydrogen-bond acceptors (Lipinski definition) is 6. The Morgan fingerprint density at radius 1 is 0.460 bits per heavy atom. The summed E-state index contributed by atoms with van der Waals surface area (Å²) in [6.45, 7) is 40.5. The van der Waals surface area contributed by atoms with Gasteiger partial charge in [0, 0.05) is 27.7 Å². The van der Waals surface area contributed by atoms with E-state index in [2.05, 4.69) is 135 Å². The van der Waals surface area contributed by atoms with Crippen LogP contribution in [-0.4, -0.2) is 51.2 Å². The molecule has 6 nitrogen and oxygen atoms in total. The first-order valence-corrected chi connectivity index (χ1v) is 25.8. The van der Waals surface area contributed by atoms with E-state index in [0.29, 0.717) is 13.2 Å². The predicted molar refractivity (Wildman–Crippen MR) is 265 cm³/mol. The van der Waals surface area contributed by atoms with Crippen molar-refractivity contribution in [3.63, 3.8) is 0 Å². The summed E-state index contributed by atoms with van der Waals surface area (Å²) >= 11 is 0. The Hall–Kier alpha value is -2.12. The second-order valence-electron chi connectivity index (χ2n) is 22.7. The first kappa shape index (κ1) is 53.5. The van der Waals surface area contributed by atoms with Crippen molar-refractivity contribution in [3.8, 4) is 11.5 Å². The molecular weight excluding hydrogens is 781 g/mol. The average molecular weight is 877 g/mol. The van der Waals surface area contributed by atoms with Crippen LogP contribution in [0.25, 0.3) is 0 Å². The van der Waals surface area contributed by atoms with Crippen LogP contribution in [0.15, 0.2) is 24.3 Å². The van der Waals surface area contributed by atoms with Crippen LogP contribution in [0.2, 0.25) is 0 Å². The topological polar surface area (TPSA) is 62.0 Å². The first-order valence-electron chi connectivity index (χ1n) is 25.8. The van der Waals surface area contributed by atoms with E-state index < -0.39 is 12.6 Å². The molecule has 6 heteroatoms. The van der Waals surface area contributed by atoms with Gasteiger partial charge in [0.1, 0.15) is 23.7 Å². The Morgan fingerprint density at radius 3 is 0.937 bits per heavy atom. The molecule has 2 aromatic carbocycles. The van der Waals surface area contributed by atoms with E-state index in [-0.39, 0.29) is 39.3 Å². The van der Waals surface area contributed by atoms with Crippen LogP contribution in [0.4, 0.5) is 0 Å². The Labute approximate surface area is 388 Å². The van der Waals surface area contributed by atoms with Gasteiger partial charge in [0.15, 0.2) is 12.6 Å². The summed E-state index contributed by atoms with van der Waals surface area (Å²) in [5.41, 5.74) is 7.03. The highest BCUT2D eigenvalue weighted by Crippen LogP contribution is 2.51. The molecule has 4 rings (SSSR count). The van der Waals surface area contributed by atoms with Gasteiger partial charge in [-0.2, -0.15) is 0 Å². The number of ether oxygens (including phenoxy) is 6. The largest absolute Gasteiger partial charge is 0.465 e. The molecule has 2 aromatic rings. The molecule has 2 fully saturated rings. The lowest BCUT2D eigenvalue weighted by Gasteiger charge is -2.39. The van der Waals surface area contributed by atoms with Crippen molar-refractivity contribution in [1.82, 2.24) is 0 Å². The van der Waals surface area contributed by atoms with Crippen molar-refractivity contribution < 1.29 is 28.4 Å². The van der Waals surface area contributed by atoms with Gasteiger partial charge in [-0.05, 0) is 72.3 Å². The predicted octanol–water partition coefficient (Wildman–Crippen LogP) is 15.7. The smallest absolute Gasteiger partial charge is 0.197 e. The van der Waals surface area contributed by atoms with E-state index in [0.717, 1.165) is 50.4 Å². The minimum Gasteiger partial charge on any atom is -0.465 e. The molecule has 0 aromatic heterocycles. The van der Waals surface area contributed by atoms with Gasteiger partial charge >= 0.3 is 0 Å². The normalized spacial score (nSPS) is 18.1. The highest BCUT2D eigenvalue weighted by atomic mass is 16.7. The molecule has 360 valence electrons. The molecule has 4 atom stereocenters. The number of epoxide rings is 2. The molecule has 0 spiro atoms. The molecule has 4 unspecified atom stereocenters. The molecule has 2 heterocycles. The molecule has 2 aliphatic heterocycles. The molecule has 2 aliphatic rings. The summed E-state index contributed by atoms with van der Waals surface area (Å²) in [6, 6.07) is 10.1. The molecule has 0 N–H and O–H groups in total. The SMILES string of the molecule is CCCCCC(C)(C)c1cc(C(C)(C)c2cc(C(C)(C)CCCCC)c(OC(C)OCC3CO3)c(C(C)(C)CCCCC)c2)cc(C(C)(C)CCCCC)c1OC(C)OCC1CO1. The van der Waals surface area contributed by atoms with E-state index >= 15 is 0 Å². The van der Waals surface area contributed by atoms with Gasteiger partial charge in [0.25, 0.3) is 0 Å². The maximum atomic E-state index is 7.11. The third-order valence-electron chi connectivity index (χ3n) is 14.6. The van der Waals surface area contributed by atoms with E-state index in [9.17, 15) is 0 Å². The van der Waals surface area contributed by atoms with Crippen LogP contribution < -0.4 is 9.47 Å². The van der Waals surface area contributed by atoms with E-state index in [1.54, 1.807) is 0 Å². The van der Waals surface area contributed by atoms with Crippen molar-refractivity contribution in [2.45, 2.75) is 265 Å². The summed E-state index contributed by atoms with van der Waals surface area (Å²) in [7, 11) is 0. The summed E-state index contributed by atoms with van der Waals surface area (Å²) in [5.74, 6) is 2.04. The van der Waals surface area contributed by atoms with Gasteiger partial charge in [-0.1, -0.05) is 198 Å². The lowest BCUT2D eigenvalue weighted by atomic mass is 9.67. The minimum atomic E-state index is -0.394. The summed E-state index contributed by atoms with van der Waals surface area (Å²) < 4.78 is 37.9. The summed E-state index contributed by atoms with van der Waals surface area (Å²) in [4.78, 5) is 0. The standard InChI is InChI=1S/C57H96O6/c1-17-21-25-29-53(7,8)47-33-43(34-48(54(9,10)30-26-22-18-2)51(47)62-41(5)58-37-45-39-60-45)57(15,16)44-35-49(55(11,12)31-27-23-19-3)52(63-42(6)59-38-46-40-61-46)50(36-44)56(13,14)32-28-24-20-4/h33-36,41-42,45-46H,17-32,37-40H2,1-16H3. The summed E-state index contributed by atoms with van der Waals surface area (Å²) in [6.07, 6.45) is 18.4. The fourth-order valence-electron chi connectivity index (χ4n) is 9.43. The minimum absolute atomic E-state index is 0.123. The zero-order valence-electron chi connectivity index (χ0n) is 43.7. The molecule has 0 bridgehead atoms. The van der Waals surface area contributed by atoms with E-state index in [1.807, 2.05) is 0 Å². The number of rotatable bonds is 32. The fraction of sp³-hybridized carbons (Fsp3) is 0.789. The van der Waals surface area contributed by atoms with E-state index in [1.165, 1.54) is 110 Å². The van der Waals surface area contributed by atoms with Crippen molar-refractivity contribution in [3.05, 3.63) is 57.6 Å². The monoisotopic (exact) mass is 877 g/mol. The lowest BCUT2D eigenvalue weighted by Crippen LogP contribution is -2.31. The number of hydrogen-bond donors (Lipinski definition) is 0. The average Bonchev–Trinajstić information content (AvgIpc) is 4.16. The van der Waals surface area contributed by atoms with Crippen molar-refractivity contribution >= 4 is 0 Å². The quantitative estimate of drug-likeness (QED) is 0.0414. The van der Waals surface area contributed by atoms with Crippen LogP contribution in [0.3, 0.4) is 0 Å². The van der Waals surface area contributed by atoms with Crippen LogP contribution in [0.5, 0.6) is 11.5 Å².